The zero-order chi connectivity index (χ0) is 20.5. The fraction of sp³-hybridized carbons (Fsp3) is 0.524. The molecule has 9 heteroatoms. The van der Waals surface area contributed by atoms with E-state index < -0.39 is 0 Å². The highest BCUT2D eigenvalue weighted by molar-refractivity contribution is 7.15. The average Bonchev–Trinajstić information content (AvgIpc) is 3.41. The highest BCUT2D eigenvalue weighted by atomic mass is 35.5. The minimum Gasteiger partial charge on any atom is -0.440 e. The molecule has 7 nitrogen and oxygen atoms in total. The first-order valence-corrected chi connectivity index (χ1v) is 11.8. The summed E-state index contributed by atoms with van der Waals surface area (Å²) in [5.74, 6) is 1.44. The number of benzene rings is 1. The predicted octanol–water partition coefficient (Wildman–Crippen LogP) is 5.79. The lowest BCUT2D eigenvalue weighted by Gasteiger charge is -2.30. The molecule has 3 heterocycles. The van der Waals surface area contributed by atoms with E-state index in [0.717, 1.165) is 34.8 Å². The summed E-state index contributed by atoms with van der Waals surface area (Å²) in [6.45, 7) is 1.31. The fourth-order valence-corrected chi connectivity index (χ4v) is 5.46. The second-order valence-corrected chi connectivity index (χ2v) is 9.58. The van der Waals surface area contributed by atoms with Crippen molar-refractivity contribution >= 4 is 45.2 Å². The average molecular weight is 446 g/mol. The van der Waals surface area contributed by atoms with Crippen LogP contribution in [0.1, 0.15) is 67.7 Å². The summed E-state index contributed by atoms with van der Waals surface area (Å²) in [5.41, 5.74) is 1.53. The number of halogens is 1. The summed E-state index contributed by atoms with van der Waals surface area (Å²) in [7, 11) is 0. The number of fused-ring (bicyclic) bond motifs is 1. The number of carbonyl (C=O) groups is 1. The van der Waals surface area contributed by atoms with Crippen LogP contribution in [-0.2, 0) is 0 Å². The van der Waals surface area contributed by atoms with Gasteiger partial charge in [-0.2, -0.15) is 0 Å². The lowest BCUT2D eigenvalue weighted by Crippen LogP contribution is -2.40. The molecule has 0 atom stereocenters. The van der Waals surface area contributed by atoms with Gasteiger partial charge >= 0.3 is 6.03 Å². The minimum atomic E-state index is -0.107. The van der Waals surface area contributed by atoms with Gasteiger partial charge in [0.1, 0.15) is 10.5 Å². The Balaban J connectivity index is 1.17. The molecule has 1 saturated heterocycles. The van der Waals surface area contributed by atoms with Crippen LogP contribution in [0.2, 0.25) is 5.02 Å². The van der Waals surface area contributed by atoms with E-state index in [1.807, 2.05) is 17.0 Å². The van der Waals surface area contributed by atoms with E-state index in [2.05, 4.69) is 20.5 Å². The number of hydrogen-bond acceptors (Lipinski definition) is 6. The molecule has 1 aliphatic carbocycles. The number of aromatic nitrogens is 3. The van der Waals surface area contributed by atoms with Crippen LogP contribution in [0.3, 0.4) is 0 Å². The lowest BCUT2D eigenvalue weighted by molar-refractivity contribution is 0.190. The quantitative estimate of drug-likeness (QED) is 0.551. The number of nitrogens with one attached hydrogen (secondary N) is 1. The molecule has 5 rings (SSSR count). The highest BCUT2D eigenvalue weighted by Gasteiger charge is 2.28. The largest absolute Gasteiger partial charge is 0.440 e. The van der Waals surface area contributed by atoms with Gasteiger partial charge in [-0.3, -0.25) is 5.32 Å². The summed E-state index contributed by atoms with van der Waals surface area (Å²) in [5, 5.41) is 13.7. The Morgan fingerprint density at radius 1 is 1.10 bits per heavy atom. The SMILES string of the molecule is O=C(Nc1nnc(C2CCCCC2)s1)N1CCC(c2nc3cc(Cl)ccc3o2)CC1. The van der Waals surface area contributed by atoms with Gasteiger partial charge in [0.15, 0.2) is 11.5 Å². The molecule has 0 bridgehead atoms. The summed E-state index contributed by atoms with van der Waals surface area (Å²) in [4.78, 5) is 19.1. The number of hydrogen-bond donors (Lipinski definition) is 1. The monoisotopic (exact) mass is 445 g/mol. The van der Waals surface area contributed by atoms with Crippen LogP contribution < -0.4 is 5.32 Å². The lowest BCUT2D eigenvalue weighted by atomic mass is 9.90. The van der Waals surface area contributed by atoms with Crippen LogP contribution >= 0.6 is 22.9 Å². The van der Waals surface area contributed by atoms with Gasteiger partial charge < -0.3 is 9.32 Å². The first kappa shape index (κ1) is 19.8. The van der Waals surface area contributed by atoms with E-state index in [4.69, 9.17) is 16.0 Å². The molecule has 2 aromatic heterocycles. The van der Waals surface area contributed by atoms with Crippen LogP contribution in [-0.4, -0.2) is 39.2 Å². The second kappa shape index (κ2) is 8.51. The number of oxazole rings is 1. The Morgan fingerprint density at radius 3 is 2.70 bits per heavy atom. The van der Waals surface area contributed by atoms with Crippen molar-refractivity contribution in [1.82, 2.24) is 20.1 Å². The van der Waals surface area contributed by atoms with Gasteiger partial charge in [0.2, 0.25) is 5.13 Å². The normalized spacial score (nSPS) is 18.8. The van der Waals surface area contributed by atoms with Crippen molar-refractivity contribution in [3.05, 3.63) is 34.1 Å². The molecule has 0 spiro atoms. The van der Waals surface area contributed by atoms with Crippen molar-refractivity contribution in [3.63, 3.8) is 0 Å². The van der Waals surface area contributed by atoms with Crippen LogP contribution in [0.25, 0.3) is 11.1 Å². The Hall–Kier alpha value is -2.19. The molecule has 158 valence electrons. The van der Waals surface area contributed by atoms with Crippen molar-refractivity contribution in [1.29, 1.82) is 0 Å². The molecule has 2 fully saturated rings. The van der Waals surface area contributed by atoms with Gasteiger partial charge in [-0.15, -0.1) is 10.2 Å². The molecule has 2 aliphatic rings. The summed E-state index contributed by atoms with van der Waals surface area (Å²) >= 11 is 7.55. The van der Waals surface area contributed by atoms with E-state index in [0.29, 0.717) is 29.2 Å². The number of anilines is 1. The fourth-order valence-electron chi connectivity index (χ4n) is 4.39. The Bertz CT molecular complexity index is 1040. The van der Waals surface area contributed by atoms with E-state index in [1.54, 1.807) is 6.07 Å². The molecule has 1 saturated carbocycles. The number of likely N-dealkylation sites (tertiary alicyclic amines) is 1. The standard InChI is InChI=1S/C21H24ClN5O2S/c22-15-6-7-17-16(12-15)23-18(29-17)13-8-10-27(11-9-13)21(28)24-20-26-25-19(30-20)14-4-2-1-3-5-14/h6-7,12-14H,1-5,8-11H2,(H,24,26,28). The number of carbonyl (C=O) groups excluding carboxylic acids is 1. The number of amides is 2. The maximum absolute atomic E-state index is 12.7. The second-order valence-electron chi connectivity index (χ2n) is 8.14. The third kappa shape index (κ3) is 4.16. The van der Waals surface area contributed by atoms with Gasteiger partial charge in [-0.25, -0.2) is 9.78 Å². The van der Waals surface area contributed by atoms with Crippen molar-refractivity contribution in [3.8, 4) is 0 Å². The molecule has 1 N–H and O–H groups in total. The smallest absolute Gasteiger partial charge is 0.323 e. The molecule has 3 aromatic rings. The van der Waals surface area contributed by atoms with Gasteiger partial charge in [0.05, 0.1) is 0 Å². The molecular formula is C21H24ClN5O2S. The van der Waals surface area contributed by atoms with Crippen LogP contribution in [0.15, 0.2) is 22.6 Å². The topological polar surface area (TPSA) is 84.2 Å². The van der Waals surface area contributed by atoms with E-state index in [1.165, 1.54) is 43.4 Å². The van der Waals surface area contributed by atoms with Crippen molar-refractivity contribution < 1.29 is 9.21 Å². The molecule has 1 aliphatic heterocycles. The molecule has 0 radical (unpaired) electrons. The van der Waals surface area contributed by atoms with Gasteiger partial charge in [-0.1, -0.05) is 42.2 Å². The molecule has 2 amide bonds. The number of rotatable bonds is 3. The van der Waals surface area contributed by atoms with Crippen LogP contribution in [0, 0.1) is 0 Å². The van der Waals surface area contributed by atoms with Gasteiger partial charge in [-0.05, 0) is 43.9 Å². The van der Waals surface area contributed by atoms with Crippen molar-refractivity contribution in [2.24, 2.45) is 0 Å². The Morgan fingerprint density at radius 2 is 1.90 bits per heavy atom. The predicted molar refractivity (Wildman–Crippen MR) is 117 cm³/mol. The number of urea groups is 1. The van der Waals surface area contributed by atoms with Crippen molar-refractivity contribution in [2.45, 2.75) is 56.8 Å². The molecule has 1 aromatic carbocycles. The Labute approximate surface area is 183 Å². The molecule has 0 unspecified atom stereocenters. The van der Waals surface area contributed by atoms with E-state index in [9.17, 15) is 4.79 Å². The number of nitrogens with zero attached hydrogens (tertiary/aromatic N) is 4. The van der Waals surface area contributed by atoms with Gasteiger partial charge in [0.25, 0.3) is 0 Å². The van der Waals surface area contributed by atoms with Gasteiger partial charge in [0, 0.05) is 29.9 Å². The number of piperidine rings is 1. The first-order chi connectivity index (χ1) is 14.7. The maximum Gasteiger partial charge on any atom is 0.323 e. The van der Waals surface area contributed by atoms with E-state index >= 15 is 0 Å². The zero-order valence-corrected chi connectivity index (χ0v) is 18.2. The summed E-state index contributed by atoms with van der Waals surface area (Å²) in [6.07, 6.45) is 7.82. The van der Waals surface area contributed by atoms with Crippen LogP contribution in [0.5, 0.6) is 0 Å². The molecule has 30 heavy (non-hydrogen) atoms. The maximum atomic E-state index is 12.7. The summed E-state index contributed by atoms with van der Waals surface area (Å²) in [6, 6.07) is 5.36. The summed E-state index contributed by atoms with van der Waals surface area (Å²) < 4.78 is 5.91. The van der Waals surface area contributed by atoms with Crippen molar-refractivity contribution in [2.75, 3.05) is 18.4 Å². The third-order valence-corrected chi connectivity index (χ3v) is 7.34. The van der Waals surface area contributed by atoms with Crippen LogP contribution in [0.4, 0.5) is 9.93 Å². The minimum absolute atomic E-state index is 0.107. The highest BCUT2D eigenvalue weighted by Crippen LogP contribution is 2.35. The Kier molecular flexibility index (Phi) is 5.60. The first-order valence-electron chi connectivity index (χ1n) is 10.6. The zero-order valence-electron chi connectivity index (χ0n) is 16.6. The third-order valence-electron chi connectivity index (χ3n) is 6.11. The molecular weight excluding hydrogens is 422 g/mol. The van der Waals surface area contributed by atoms with E-state index in [-0.39, 0.29) is 11.9 Å².